The second-order valence-electron chi connectivity index (χ2n) is 6.36. The number of thiol groups is 1. The molecule has 128 valence electrons. The van der Waals surface area contributed by atoms with Gasteiger partial charge in [-0.1, -0.05) is 0 Å². The van der Waals surface area contributed by atoms with Crippen LogP contribution in [-0.4, -0.2) is 28.4 Å². The molecule has 0 radical (unpaired) electrons. The number of aromatic nitrogens is 4. The Morgan fingerprint density at radius 2 is 2.04 bits per heavy atom. The highest BCUT2D eigenvalue weighted by Crippen LogP contribution is 2.41. The second-order valence-corrected chi connectivity index (χ2v) is 7.34. The van der Waals surface area contributed by atoms with Crippen molar-refractivity contribution in [2.24, 2.45) is 0 Å². The quantitative estimate of drug-likeness (QED) is 0.688. The summed E-state index contributed by atoms with van der Waals surface area (Å²) in [5.41, 5.74) is 5.49. The number of hydrogen-bond donors (Lipinski definition) is 2. The molecule has 1 fully saturated rings. The normalized spacial score (nSPS) is 14.2. The Morgan fingerprint density at radius 3 is 2.80 bits per heavy atom. The molecular formula is C18H18N4O2S. The molecule has 0 bridgehead atoms. The van der Waals surface area contributed by atoms with E-state index < -0.39 is 10.7 Å². The van der Waals surface area contributed by atoms with Gasteiger partial charge in [-0.25, -0.2) is 13.4 Å². The number of nitrogens with zero attached hydrogens (tertiary/aromatic N) is 3. The zero-order valence-corrected chi connectivity index (χ0v) is 14.7. The highest BCUT2D eigenvalue weighted by atomic mass is 32.2. The van der Waals surface area contributed by atoms with E-state index in [0.29, 0.717) is 11.5 Å². The van der Waals surface area contributed by atoms with Crippen molar-refractivity contribution in [2.75, 3.05) is 0 Å². The average Bonchev–Trinajstić information content (AvgIpc) is 3.37. The minimum absolute atomic E-state index is 0.00373. The fraction of sp³-hybridized carbons (Fsp3) is 0.278. The molecule has 0 aromatic carbocycles. The maximum Gasteiger partial charge on any atom is 0.156 e. The first-order valence-electron chi connectivity index (χ1n) is 8.19. The Morgan fingerprint density at radius 1 is 1.20 bits per heavy atom. The predicted octanol–water partition coefficient (Wildman–Crippen LogP) is 2.83. The lowest BCUT2D eigenvalue weighted by Crippen LogP contribution is -1.91. The van der Waals surface area contributed by atoms with Gasteiger partial charge in [0.05, 0.1) is 11.4 Å². The van der Waals surface area contributed by atoms with Gasteiger partial charge >= 0.3 is 0 Å². The molecule has 4 rings (SSSR count). The molecule has 0 aliphatic heterocycles. The van der Waals surface area contributed by atoms with E-state index in [1.807, 2.05) is 25.1 Å². The summed E-state index contributed by atoms with van der Waals surface area (Å²) in [5, 5.41) is 0. The highest BCUT2D eigenvalue weighted by Gasteiger charge is 2.28. The Kier molecular flexibility index (Phi) is 4.09. The molecule has 1 N–H and O–H groups in total. The van der Waals surface area contributed by atoms with E-state index in [2.05, 4.69) is 19.9 Å². The predicted molar refractivity (Wildman–Crippen MR) is 95.8 cm³/mol. The van der Waals surface area contributed by atoms with Gasteiger partial charge in [0.15, 0.2) is 5.82 Å². The summed E-state index contributed by atoms with van der Waals surface area (Å²) >= 11 is 0. The number of nitrogens with one attached hydrogen (secondary N) is 1. The molecule has 1 saturated carbocycles. The number of pyridine rings is 2. The van der Waals surface area contributed by atoms with Crippen LogP contribution in [0.15, 0.2) is 36.8 Å². The minimum Gasteiger partial charge on any atom is -0.340 e. The van der Waals surface area contributed by atoms with Crippen LogP contribution < -0.4 is 0 Å². The molecule has 0 atom stereocenters. The number of hydrogen-bond acceptors (Lipinski definition) is 5. The van der Waals surface area contributed by atoms with Crippen LogP contribution in [0.25, 0.3) is 22.6 Å². The molecule has 1 aliphatic carbocycles. The first-order chi connectivity index (χ1) is 12.1. The molecular weight excluding hydrogens is 336 g/mol. The molecule has 0 saturated heterocycles. The monoisotopic (exact) mass is 354 g/mol. The van der Waals surface area contributed by atoms with E-state index in [9.17, 15) is 8.42 Å². The summed E-state index contributed by atoms with van der Waals surface area (Å²) in [6, 6.07) is 5.69. The van der Waals surface area contributed by atoms with E-state index in [0.717, 1.165) is 28.3 Å². The van der Waals surface area contributed by atoms with Gasteiger partial charge in [0.1, 0.15) is 16.4 Å². The topological polar surface area (TPSA) is 88.6 Å². The maximum absolute atomic E-state index is 10.9. The van der Waals surface area contributed by atoms with Crippen molar-refractivity contribution in [1.82, 2.24) is 19.9 Å². The van der Waals surface area contributed by atoms with Gasteiger partial charge < -0.3 is 4.98 Å². The molecule has 3 aromatic rings. The number of H-pyrrole nitrogens is 1. The van der Waals surface area contributed by atoms with Gasteiger partial charge in [0.25, 0.3) is 0 Å². The van der Waals surface area contributed by atoms with Crippen LogP contribution in [0, 0.1) is 6.92 Å². The van der Waals surface area contributed by atoms with Gasteiger partial charge in [0.2, 0.25) is 0 Å². The van der Waals surface area contributed by atoms with Crippen molar-refractivity contribution >= 4 is 10.7 Å². The average molecular weight is 354 g/mol. The molecule has 0 amide bonds. The summed E-state index contributed by atoms with van der Waals surface area (Å²) in [6.07, 6.45) is 7.48. The third-order valence-corrected chi connectivity index (χ3v) is 4.97. The largest absolute Gasteiger partial charge is 0.340 e. The standard InChI is InChI=1S/C18H18N4O2S/c1-11-17(13-2-3-13)22-18(21-11)16-7-14(4-5-20-16)15-6-12(8-19-9-15)10-25(23)24/h4-9,13,25H,2-3,10H2,1H3,(H,21,22). The fourth-order valence-electron chi connectivity index (χ4n) is 2.99. The molecule has 6 nitrogen and oxygen atoms in total. The number of aromatic amines is 1. The van der Waals surface area contributed by atoms with Crippen LogP contribution >= 0.6 is 0 Å². The zero-order valence-electron chi connectivity index (χ0n) is 13.8. The number of imidazole rings is 1. The lowest BCUT2D eigenvalue weighted by atomic mass is 10.1. The van der Waals surface area contributed by atoms with Crippen molar-refractivity contribution in [3.05, 3.63) is 53.7 Å². The Bertz CT molecular complexity index is 998. The van der Waals surface area contributed by atoms with Gasteiger partial charge in [-0.15, -0.1) is 0 Å². The summed E-state index contributed by atoms with van der Waals surface area (Å²) in [4.78, 5) is 16.6. The molecule has 0 spiro atoms. The van der Waals surface area contributed by atoms with Crippen LogP contribution in [0.2, 0.25) is 0 Å². The number of aryl methyl sites for hydroxylation is 1. The highest BCUT2D eigenvalue weighted by molar-refractivity contribution is 7.71. The Labute approximate surface area is 147 Å². The van der Waals surface area contributed by atoms with Crippen molar-refractivity contribution in [3.63, 3.8) is 0 Å². The molecule has 25 heavy (non-hydrogen) atoms. The van der Waals surface area contributed by atoms with Gasteiger partial charge in [0, 0.05) is 35.8 Å². The van der Waals surface area contributed by atoms with Crippen LogP contribution in [-0.2, 0) is 16.5 Å². The Balaban J connectivity index is 1.69. The second kappa shape index (κ2) is 6.40. The molecule has 1 aliphatic rings. The van der Waals surface area contributed by atoms with Crippen molar-refractivity contribution in [3.8, 4) is 22.6 Å². The summed E-state index contributed by atoms with van der Waals surface area (Å²) in [6.45, 7) is 2.02. The van der Waals surface area contributed by atoms with Crippen LogP contribution in [0.3, 0.4) is 0 Å². The minimum atomic E-state index is -2.47. The van der Waals surface area contributed by atoms with Crippen LogP contribution in [0.1, 0.15) is 35.7 Å². The third-order valence-electron chi connectivity index (χ3n) is 4.35. The van der Waals surface area contributed by atoms with E-state index >= 15 is 0 Å². The first kappa shape index (κ1) is 16.0. The number of rotatable bonds is 5. The van der Waals surface area contributed by atoms with E-state index in [1.165, 1.54) is 18.5 Å². The maximum atomic E-state index is 10.9. The van der Waals surface area contributed by atoms with E-state index in [-0.39, 0.29) is 5.75 Å². The van der Waals surface area contributed by atoms with Crippen molar-refractivity contribution in [1.29, 1.82) is 0 Å². The summed E-state index contributed by atoms with van der Waals surface area (Å²) < 4.78 is 21.9. The van der Waals surface area contributed by atoms with Crippen molar-refractivity contribution < 1.29 is 8.42 Å². The molecule has 3 heterocycles. The van der Waals surface area contributed by atoms with E-state index in [1.54, 1.807) is 18.6 Å². The lowest BCUT2D eigenvalue weighted by molar-refractivity contribution is 0.614. The van der Waals surface area contributed by atoms with Crippen molar-refractivity contribution in [2.45, 2.75) is 31.4 Å². The Hall–Kier alpha value is -2.54. The van der Waals surface area contributed by atoms with Gasteiger partial charge in [-0.3, -0.25) is 9.97 Å². The molecule has 0 unspecified atom stereocenters. The molecule has 7 heteroatoms. The van der Waals surface area contributed by atoms with Crippen LogP contribution in [0.4, 0.5) is 0 Å². The zero-order chi connectivity index (χ0) is 17.4. The SMILES string of the molecule is Cc1nc(-c2cc(-c3cncc(C[SH](=O)=O)c3)ccn2)[nH]c1C1CC1. The smallest absolute Gasteiger partial charge is 0.156 e. The first-order valence-corrected chi connectivity index (χ1v) is 9.55. The summed E-state index contributed by atoms with van der Waals surface area (Å²) in [5.74, 6) is 1.38. The third kappa shape index (κ3) is 3.46. The van der Waals surface area contributed by atoms with Gasteiger partial charge in [-0.05, 0) is 49.1 Å². The van der Waals surface area contributed by atoms with Gasteiger partial charge in [-0.2, -0.15) is 0 Å². The fourth-order valence-corrected chi connectivity index (χ4v) is 3.46. The lowest BCUT2D eigenvalue weighted by Gasteiger charge is -2.05. The molecule has 3 aromatic heterocycles. The summed E-state index contributed by atoms with van der Waals surface area (Å²) in [7, 11) is -2.47. The van der Waals surface area contributed by atoms with Crippen LogP contribution in [0.5, 0.6) is 0 Å². The van der Waals surface area contributed by atoms with E-state index in [4.69, 9.17) is 0 Å².